The fraction of sp³-hybridized carbons (Fsp3) is 0.400. The van der Waals surface area contributed by atoms with Gasteiger partial charge in [-0.05, 0) is 56.1 Å². The molecular weight excluding hydrogens is 302 g/mol. The first-order chi connectivity index (χ1) is 11.7. The average molecular weight is 325 g/mol. The molecule has 1 saturated heterocycles. The summed E-state index contributed by atoms with van der Waals surface area (Å²) in [5, 5.41) is 13.3. The zero-order valence-electron chi connectivity index (χ0n) is 13.9. The first-order valence-electron chi connectivity index (χ1n) is 8.56. The van der Waals surface area contributed by atoms with Crippen molar-refractivity contribution in [3.63, 3.8) is 0 Å². The van der Waals surface area contributed by atoms with Crippen molar-refractivity contribution in [3.05, 3.63) is 53.6 Å². The summed E-state index contributed by atoms with van der Waals surface area (Å²) in [6, 6.07) is 13.7. The minimum Gasteiger partial charge on any atom is -0.508 e. The Hall–Kier alpha value is -2.20. The molecule has 2 aliphatic heterocycles. The van der Waals surface area contributed by atoms with Gasteiger partial charge >= 0.3 is 0 Å². The molecule has 2 N–H and O–H groups in total. The molecule has 0 bridgehead atoms. The second-order valence-corrected chi connectivity index (χ2v) is 6.79. The van der Waals surface area contributed by atoms with Gasteiger partial charge in [0.2, 0.25) is 0 Å². The Morgan fingerprint density at radius 1 is 1.17 bits per heavy atom. The Labute approximate surface area is 142 Å². The molecule has 24 heavy (non-hydrogen) atoms. The van der Waals surface area contributed by atoms with Crippen LogP contribution in [0.15, 0.2) is 42.5 Å². The van der Waals surface area contributed by atoms with Crippen LogP contribution in [0.3, 0.4) is 0 Å². The molecule has 2 aromatic rings. The van der Waals surface area contributed by atoms with Crippen LogP contribution in [-0.2, 0) is 0 Å². The van der Waals surface area contributed by atoms with Gasteiger partial charge in [0.25, 0.3) is 0 Å². The van der Waals surface area contributed by atoms with Crippen molar-refractivity contribution in [2.75, 3.05) is 20.2 Å². The van der Waals surface area contributed by atoms with Crippen LogP contribution >= 0.6 is 0 Å². The molecule has 0 radical (unpaired) electrons. The first kappa shape index (κ1) is 15.3. The highest BCUT2D eigenvalue weighted by Gasteiger charge is 2.42. The predicted octanol–water partition coefficient (Wildman–Crippen LogP) is 3.44. The van der Waals surface area contributed by atoms with Crippen LogP contribution in [-0.4, -0.2) is 30.9 Å². The number of phenolic OH excluding ortho intramolecular Hbond substituents is 1. The third-order valence-electron chi connectivity index (χ3n) is 5.29. The quantitative estimate of drug-likeness (QED) is 0.888. The molecule has 1 spiro atoms. The lowest BCUT2D eigenvalue weighted by atomic mass is 9.75. The van der Waals surface area contributed by atoms with E-state index in [2.05, 4.69) is 17.4 Å². The standard InChI is InChI=1S/C20H23NO3/c1-23-16-5-6-17-18(14-3-2-4-15(22)11-14)13-20(24-19(17)12-16)7-9-21-10-8-20/h2-6,11-12,18,21-22H,7-10,13H2,1H3. The summed E-state index contributed by atoms with van der Waals surface area (Å²) in [6.45, 7) is 1.96. The molecule has 126 valence electrons. The van der Waals surface area contributed by atoms with Gasteiger partial charge in [-0.25, -0.2) is 0 Å². The van der Waals surface area contributed by atoms with Gasteiger partial charge in [-0.3, -0.25) is 0 Å². The Morgan fingerprint density at radius 2 is 2.00 bits per heavy atom. The largest absolute Gasteiger partial charge is 0.508 e. The number of aromatic hydroxyl groups is 1. The van der Waals surface area contributed by atoms with Gasteiger partial charge in [0.15, 0.2) is 0 Å². The number of rotatable bonds is 2. The average Bonchev–Trinajstić information content (AvgIpc) is 2.61. The van der Waals surface area contributed by atoms with E-state index in [0.29, 0.717) is 5.75 Å². The van der Waals surface area contributed by atoms with Gasteiger partial charge < -0.3 is 19.9 Å². The van der Waals surface area contributed by atoms with Crippen molar-refractivity contribution in [2.24, 2.45) is 0 Å². The van der Waals surface area contributed by atoms with Gasteiger partial charge in [-0.15, -0.1) is 0 Å². The summed E-state index contributed by atoms with van der Waals surface area (Å²) < 4.78 is 11.9. The third-order valence-corrected chi connectivity index (χ3v) is 5.29. The smallest absolute Gasteiger partial charge is 0.127 e. The van der Waals surface area contributed by atoms with Crippen LogP contribution in [0, 0.1) is 0 Å². The zero-order chi connectivity index (χ0) is 16.6. The molecule has 4 rings (SSSR count). The molecule has 1 unspecified atom stereocenters. The van der Waals surface area contributed by atoms with E-state index in [-0.39, 0.29) is 11.5 Å². The van der Waals surface area contributed by atoms with Crippen LogP contribution < -0.4 is 14.8 Å². The van der Waals surface area contributed by atoms with Crippen LogP contribution in [0.5, 0.6) is 17.2 Å². The highest BCUT2D eigenvalue weighted by atomic mass is 16.5. The van der Waals surface area contributed by atoms with Crippen molar-refractivity contribution in [3.8, 4) is 17.2 Å². The van der Waals surface area contributed by atoms with Gasteiger partial charge in [0.05, 0.1) is 7.11 Å². The summed E-state index contributed by atoms with van der Waals surface area (Å²) in [5.74, 6) is 2.27. The van der Waals surface area contributed by atoms with Crippen molar-refractivity contribution in [1.29, 1.82) is 0 Å². The molecule has 2 heterocycles. The van der Waals surface area contributed by atoms with Crippen LogP contribution in [0.1, 0.15) is 36.3 Å². The minimum absolute atomic E-state index is 0.138. The number of methoxy groups -OCH3 is 1. The Kier molecular flexibility index (Phi) is 3.85. The van der Waals surface area contributed by atoms with Crippen molar-refractivity contribution < 1.29 is 14.6 Å². The summed E-state index contributed by atoms with van der Waals surface area (Å²) in [7, 11) is 1.68. The summed E-state index contributed by atoms with van der Waals surface area (Å²) in [6.07, 6.45) is 2.94. The van der Waals surface area contributed by atoms with Gasteiger partial charge in [-0.2, -0.15) is 0 Å². The number of phenols is 1. The normalized spacial score (nSPS) is 21.8. The Bertz CT molecular complexity index is 737. The van der Waals surface area contributed by atoms with Gasteiger partial charge in [0, 0.05) is 17.5 Å². The predicted molar refractivity (Wildman–Crippen MR) is 93.0 cm³/mol. The molecule has 4 heteroatoms. The van der Waals surface area contributed by atoms with E-state index in [4.69, 9.17) is 9.47 Å². The summed E-state index contributed by atoms with van der Waals surface area (Å²) in [5.41, 5.74) is 2.17. The highest BCUT2D eigenvalue weighted by Crippen LogP contribution is 2.48. The lowest BCUT2D eigenvalue weighted by molar-refractivity contribution is 0.0112. The third kappa shape index (κ3) is 2.71. The fourth-order valence-electron chi connectivity index (χ4n) is 4.00. The second kappa shape index (κ2) is 6.02. The number of nitrogens with one attached hydrogen (secondary N) is 1. The number of benzene rings is 2. The van der Waals surface area contributed by atoms with Crippen LogP contribution in [0.4, 0.5) is 0 Å². The van der Waals surface area contributed by atoms with E-state index in [1.807, 2.05) is 24.3 Å². The molecule has 2 aromatic carbocycles. The Morgan fingerprint density at radius 3 is 2.75 bits per heavy atom. The number of piperidine rings is 1. The molecule has 0 amide bonds. The SMILES string of the molecule is COc1ccc2c(c1)OC1(CCNCC1)CC2c1cccc(O)c1. The molecule has 0 saturated carbocycles. The fourth-order valence-corrected chi connectivity index (χ4v) is 4.00. The maximum Gasteiger partial charge on any atom is 0.127 e. The van der Waals surface area contributed by atoms with Crippen molar-refractivity contribution in [2.45, 2.75) is 30.8 Å². The van der Waals surface area contributed by atoms with Gasteiger partial charge in [-0.1, -0.05) is 18.2 Å². The van der Waals surface area contributed by atoms with E-state index in [9.17, 15) is 5.11 Å². The lowest BCUT2D eigenvalue weighted by Gasteiger charge is -2.45. The van der Waals surface area contributed by atoms with E-state index in [1.165, 1.54) is 5.56 Å². The molecule has 2 aliphatic rings. The van der Waals surface area contributed by atoms with E-state index >= 15 is 0 Å². The minimum atomic E-state index is -0.138. The molecule has 0 aliphatic carbocycles. The summed E-state index contributed by atoms with van der Waals surface area (Å²) in [4.78, 5) is 0. The van der Waals surface area contributed by atoms with E-state index in [1.54, 1.807) is 13.2 Å². The lowest BCUT2D eigenvalue weighted by Crippen LogP contribution is -2.49. The van der Waals surface area contributed by atoms with Crippen molar-refractivity contribution >= 4 is 0 Å². The topological polar surface area (TPSA) is 50.7 Å². The van der Waals surface area contributed by atoms with E-state index < -0.39 is 0 Å². The molecular formula is C20H23NO3. The monoisotopic (exact) mass is 325 g/mol. The van der Waals surface area contributed by atoms with Crippen molar-refractivity contribution in [1.82, 2.24) is 5.32 Å². The van der Waals surface area contributed by atoms with Crippen LogP contribution in [0.25, 0.3) is 0 Å². The number of fused-ring (bicyclic) bond motifs is 1. The van der Waals surface area contributed by atoms with Crippen LogP contribution in [0.2, 0.25) is 0 Å². The maximum absolute atomic E-state index is 9.91. The zero-order valence-corrected chi connectivity index (χ0v) is 13.9. The van der Waals surface area contributed by atoms with Gasteiger partial charge in [0.1, 0.15) is 22.8 Å². The molecule has 4 nitrogen and oxygen atoms in total. The Balaban J connectivity index is 1.80. The number of hydrogen-bond acceptors (Lipinski definition) is 4. The summed E-state index contributed by atoms with van der Waals surface area (Å²) >= 11 is 0. The second-order valence-electron chi connectivity index (χ2n) is 6.79. The molecule has 0 aromatic heterocycles. The molecule has 1 atom stereocenters. The van der Waals surface area contributed by atoms with E-state index in [0.717, 1.165) is 49.4 Å². The first-order valence-corrected chi connectivity index (χ1v) is 8.56. The highest BCUT2D eigenvalue weighted by molar-refractivity contribution is 5.49. The maximum atomic E-state index is 9.91. The number of ether oxygens (including phenoxy) is 2. The number of hydrogen-bond donors (Lipinski definition) is 2. The molecule has 1 fully saturated rings.